The summed E-state index contributed by atoms with van der Waals surface area (Å²) in [4.78, 5) is 28.2. The van der Waals surface area contributed by atoms with E-state index in [9.17, 15) is 18.0 Å². The lowest BCUT2D eigenvalue weighted by atomic mass is 9.81. The number of ether oxygens (including phenoxy) is 1. The van der Waals surface area contributed by atoms with Crippen LogP contribution in [0.15, 0.2) is 48.7 Å². The van der Waals surface area contributed by atoms with Crippen LogP contribution in [0.25, 0.3) is 11.3 Å². The average molecular weight is 517 g/mol. The molecule has 4 heterocycles. The van der Waals surface area contributed by atoms with Crippen molar-refractivity contribution in [3.05, 3.63) is 65.6 Å². The van der Waals surface area contributed by atoms with E-state index >= 15 is 0 Å². The van der Waals surface area contributed by atoms with Gasteiger partial charge in [-0.2, -0.15) is 18.3 Å². The predicted molar refractivity (Wildman–Crippen MR) is 128 cm³/mol. The Labute approximate surface area is 211 Å². The molecule has 8 nitrogen and oxygen atoms in total. The standard InChI is InChI=1S/C24H26N4O2.C2HF3O2/c1-16(2)28-22-18-8-4-5-10-21(18)30-24(19(22)15-25-28)11-13-27(14-12-24)23(29)20-9-6-7-17(3)26-20;3-2(4,5)1(6)7/h4-10,15-16H,11-14H2,1-3H3;(H,6,7). The van der Waals surface area contributed by atoms with Gasteiger partial charge in [-0.3, -0.25) is 9.48 Å². The minimum Gasteiger partial charge on any atom is -0.482 e. The number of benzene rings is 1. The van der Waals surface area contributed by atoms with Crippen LogP contribution < -0.4 is 4.74 Å². The second-order valence-corrected chi connectivity index (χ2v) is 9.30. The van der Waals surface area contributed by atoms with Gasteiger partial charge in [0.05, 0.1) is 11.9 Å². The molecule has 2 aliphatic heterocycles. The number of pyridine rings is 1. The summed E-state index contributed by atoms with van der Waals surface area (Å²) in [6.45, 7) is 7.46. The highest BCUT2D eigenvalue weighted by Gasteiger charge is 2.46. The molecule has 0 saturated carbocycles. The van der Waals surface area contributed by atoms with Gasteiger partial charge in [-0.25, -0.2) is 9.78 Å². The summed E-state index contributed by atoms with van der Waals surface area (Å²) in [5.41, 5.74) is 4.28. The number of piperidine rings is 1. The number of alkyl halides is 3. The van der Waals surface area contributed by atoms with Crippen molar-refractivity contribution in [3.8, 4) is 17.0 Å². The first-order chi connectivity index (χ1) is 17.4. The third kappa shape index (κ3) is 5.16. The summed E-state index contributed by atoms with van der Waals surface area (Å²) in [6.07, 6.45) is -1.66. The van der Waals surface area contributed by atoms with Crippen molar-refractivity contribution in [2.45, 2.75) is 51.4 Å². The Morgan fingerprint density at radius 3 is 2.32 bits per heavy atom. The van der Waals surface area contributed by atoms with E-state index in [-0.39, 0.29) is 11.9 Å². The maximum atomic E-state index is 13.0. The van der Waals surface area contributed by atoms with Crippen molar-refractivity contribution in [1.82, 2.24) is 19.7 Å². The van der Waals surface area contributed by atoms with Gasteiger partial charge in [0.25, 0.3) is 5.91 Å². The number of carboxylic acids is 1. The number of carbonyl (C=O) groups is 2. The normalized spacial score (nSPS) is 15.8. The summed E-state index contributed by atoms with van der Waals surface area (Å²) >= 11 is 0. The maximum Gasteiger partial charge on any atom is 0.490 e. The van der Waals surface area contributed by atoms with Gasteiger partial charge < -0.3 is 14.7 Å². The number of fused-ring (bicyclic) bond motifs is 4. The molecule has 1 N–H and O–H groups in total. The number of aromatic nitrogens is 3. The summed E-state index contributed by atoms with van der Waals surface area (Å²) in [5.74, 6) is -1.87. The summed E-state index contributed by atoms with van der Waals surface area (Å²) in [7, 11) is 0. The van der Waals surface area contributed by atoms with Gasteiger partial charge in [0, 0.05) is 48.8 Å². The fraction of sp³-hybridized carbons (Fsp3) is 0.385. The SMILES string of the molecule is Cc1cccc(C(=O)N2CCC3(CC2)Oc2ccccc2-c2c3cnn2C(C)C)n1.O=C(O)C(F)(F)F. The Morgan fingerprint density at radius 1 is 1.08 bits per heavy atom. The molecule has 196 valence electrons. The summed E-state index contributed by atoms with van der Waals surface area (Å²) < 4.78 is 40.5. The summed E-state index contributed by atoms with van der Waals surface area (Å²) in [6, 6.07) is 14.0. The van der Waals surface area contributed by atoms with Crippen LogP contribution >= 0.6 is 0 Å². The quantitative estimate of drug-likeness (QED) is 0.515. The molecule has 11 heteroatoms. The lowest BCUT2D eigenvalue weighted by Gasteiger charge is -2.44. The lowest BCUT2D eigenvalue weighted by Crippen LogP contribution is -2.49. The number of rotatable bonds is 2. The number of aryl methyl sites for hydroxylation is 1. The van der Waals surface area contributed by atoms with Crippen LogP contribution in [0.3, 0.4) is 0 Å². The van der Waals surface area contributed by atoms with Gasteiger partial charge in [0.15, 0.2) is 0 Å². The van der Waals surface area contributed by atoms with Crippen LogP contribution in [-0.4, -0.2) is 55.9 Å². The number of para-hydroxylation sites is 1. The monoisotopic (exact) mass is 516 g/mol. The van der Waals surface area contributed by atoms with Crippen LogP contribution in [-0.2, 0) is 10.4 Å². The molecule has 2 aromatic heterocycles. The number of likely N-dealkylation sites (tertiary alicyclic amines) is 1. The Kier molecular flexibility index (Phi) is 6.98. The summed E-state index contributed by atoms with van der Waals surface area (Å²) in [5, 5.41) is 11.8. The lowest BCUT2D eigenvalue weighted by molar-refractivity contribution is -0.192. The van der Waals surface area contributed by atoms with E-state index < -0.39 is 17.7 Å². The topological polar surface area (TPSA) is 97.6 Å². The molecular formula is C26H27F3N4O4. The van der Waals surface area contributed by atoms with E-state index in [2.05, 4.69) is 29.6 Å². The smallest absolute Gasteiger partial charge is 0.482 e. The van der Waals surface area contributed by atoms with Crippen LogP contribution in [0.5, 0.6) is 5.75 Å². The van der Waals surface area contributed by atoms with Crippen molar-refractivity contribution in [1.29, 1.82) is 0 Å². The number of halogens is 3. The molecule has 5 rings (SSSR count). The molecule has 1 saturated heterocycles. The van der Waals surface area contributed by atoms with Crippen molar-refractivity contribution >= 4 is 11.9 Å². The molecule has 37 heavy (non-hydrogen) atoms. The van der Waals surface area contributed by atoms with Crippen molar-refractivity contribution in [3.63, 3.8) is 0 Å². The second kappa shape index (κ2) is 9.87. The first-order valence-corrected chi connectivity index (χ1v) is 11.8. The second-order valence-electron chi connectivity index (χ2n) is 9.30. The first kappa shape index (κ1) is 26.2. The van der Waals surface area contributed by atoms with Crippen molar-refractivity contribution < 1.29 is 32.6 Å². The number of amides is 1. The number of carboxylic acid groups (broad SMARTS) is 1. The first-order valence-electron chi connectivity index (χ1n) is 11.8. The van der Waals surface area contributed by atoms with Crippen LogP contribution in [0, 0.1) is 6.92 Å². The third-order valence-corrected chi connectivity index (χ3v) is 6.43. The van der Waals surface area contributed by atoms with E-state index in [0.29, 0.717) is 18.8 Å². The van der Waals surface area contributed by atoms with E-state index in [0.717, 1.165) is 41.1 Å². The number of hydrogen-bond donors (Lipinski definition) is 1. The molecule has 0 bridgehead atoms. The third-order valence-electron chi connectivity index (χ3n) is 6.43. The molecular weight excluding hydrogens is 489 g/mol. The Bertz CT molecular complexity index is 1310. The number of hydrogen-bond acceptors (Lipinski definition) is 5. The zero-order chi connectivity index (χ0) is 27.0. The van der Waals surface area contributed by atoms with E-state index in [1.807, 2.05) is 48.4 Å². The molecule has 0 aliphatic carbocycles. The van der Waals surface area contributed by atoms with E-state index in [1.165, 1.54) is 0 Å². The minimum atomic E-state index is -5.08. The number of nitrogens with zero attached hydrogens (tertiary/aromatic N) is 4. The minimum absolute atomic E-state index is 0.0112. The molecule has 2 aliphatic rings. The van der Waals surface area contributed by atoms with Gasteiger partial charge in [-0.15, -0.1) is 0 Å². The van der Waals surface area contributed by atoms with Crippen LogP contribution in [0.4, 0.5) is 13.2 Å². The predicted octanol–water partition coefficient (Wildman–Crippen LogP) is 4.99. The highest BCUT2D eigenvalue weighted by Crippen LogP contribution is 2.50. The van der Waals surface area contributed by atoms with E-state index in [1.54, 1.807) is 6.07 Å². The van der Waals surface area contributed by atoms with Crippen LogP contribution in [0.2, 0.25) is 0 Å². The maximum absolute atomic E-state index is 13.0. The Balaban J connectivity index is 0.000000405. The molecule has 1 amide bonds. The highest BCUT2D eigenvalue weighted by molar-refractivity contribution is 5.92. The molecule has 1 aromatic carbocycles. The van der Waals surface area contributed by atoms with Crippen LogP contribution in [0.1, 0.15) is 54.5 Å². The molecule has 0 unspecified atom stereocenters. The van der Waals surface area contributed by atoms with Gasteiger partial charge in [-0.1, -0.05) is 18.2 Å². The molecule has 3 aromatic rings. The fourth-order valence-corrected chi connectivity index (χ4v) is 4.64. The van der Waals surface area contributed by atoms with E-state index in [4.69, 9.17) is 19.7 Å². The molecule has 0 radical (unpaired) electrons. The van der Waals surface area contributed by atoms with Gasteiger partial charge in [0.1, 0.15) is 17.0 Å². The zero-order valence-corrected chi connectivity index (χ0v) is 20.6. The number of aliphatic carboxylic acids is 1. The van der Waals surface area contributed by atoms with Gasteiger partial charge >= 0.3 is 12.1 Å². The Morgan fingerprint density at radius 2 is 1.73 bits per heavy atom. The largest absolute Gasteiger partial charge is 0.490 e. The Hall–Kier alpha value is -3.89. The van der Waals surface area contributed by atoms with Crippen molar-refractivity contribution in [2.24, 2.45) is 0 Å². The van der Waals surface area contributed by atoms with Gasteiger partial charge in [0.2, 0.25) is 0 Å². The molecule has 1 spiro atoms. The average Bonchev–Trinajstić information content (AvgIpc) is 3.31. The van der Waals surface area contributed by atoms with Crippen molar-refractivity contribution in [2.75, 3.05) is 13.1 Å². The highest BCUT2D eigenvalue weighted by atomic mass is 19.4. The molecule has 0 atom stereocenters. The number of carbonyl (C=O) groups excluding carboxylic acids is 1. The zero-order valence-electron chi connectivity index (χ0n) is 20.6. The molecule has 1 fully saturated rings. The van der Waals surface area contributed by atoms with Gasteiger partial charge in [-0.05, 0) is 45.0 Å². The fourth-order valence-electron chi connectivity index (χ4n) is 4.64.